The van der Waals surface area contributed by atoms with Crippen LogP contribution in [0, 0.1) is 0 Å². The minimum atomic E-state index is -0.0983. The first-order valence-corrected chi connectivity index (χ1v) is 7.15. The summed E-state index contributed by atoms with van der Waals surface area (Å²) in [5, 5.41) is 4.11. The normalized spacial score (nSPS) is 21.4. The van der Waals surface area contributed by atoms with Crippen LogP contribution in [0.1, 0.15) is 26.7 Å². The third kappa shape index (κ3) is 3.49. The van der Waals surface area contributed by atoms with E-state index < -0.39 is 0 Å². The Labute approximate surface area is 125 Å². The second-order valence-corrected chi connectivity index (χ2v) is 6.04. The highest BCUT2D eigenvalue weighted by molar-refractivity contribution is 6.33. The molecule has 5 heteroatoms. The Balaban J connectivity index is 2.16. The van der Waals surface area contributed by atoms with Gasteiger partial charge in [-0.3, -0.25) is 0 Å². The third-order valence-corrected chi connectivity index (χ3v) is 3.84. The number of nitrogens with one attached hydrogen (secondary N) is 1. The predicted octanol–water partition coefficient (Wildman–Crippen LogP) is 3.73. The monoisotopic (exact) mass is 299 g/mol. The molecule has 1 saturated heterocycles. The first-order valence-electron chi connectivity index (χ1n) is 6.77. The fraction of sp³-hybridized carbons (Fsp3) is 0.600. The number of ether oxygens (including phenoxy) is 3. The van der Waals surface area contributed by atoms with Gasteiger partial charge in [-0.15, -0.1) is 0 Å². The van der Waals surface area contributed by atoms with Gasteiger partial charge in [0.2, 0.25) is 0 Å². The highest BCUT2D eigenvalue weighted by atomic mass is 35.5. The number of methoxy groups -OCH3 is 2. The molecule has 2 rings (SSSR count). The van der Waals surface area contributed by atoms with Crippen LogP contribution in [-0.2, 0) is 4.74 Å². The van der Waals surface area contributed by atoms with Crippen LogP contribution in [-0.4, -0.2) is 32.5 Å². The molecule has 0 radical (unpaired) electrons. The van der Waals surface area contributed by atoms with Gasteiger partial charge >= 0.3 is 0 Å². The summed E-state index contributed by atoms with van der Waals surface area (Å²) >= 11 is 6.30. The summed E-state index contributed by atoms with van der Waals surface area (Å²) in [6, 6.07) is 3.99. The fourth-order valence-corrected chi connectivity index (χ4v) is 2.75. The number of benzene rings is 1. The molecule has 1 aromatic carbocycles. The maximum Gasteiger partial charge on any atom is 0.162 e. The van der Waals surface area contributed by atoms with E-state index in [4.69, 9.17) is 25.8 Å². The zero-order valence-electron chi connectivity index (χ0n) is 12.5. The number of halogens is 1. The van der Waals surface area contributed by atoms with Gasteiger partial charge in [0.05, 0.1) is 30.5 Å². The lowest BCUT2D eigenvalue weighted by Crippen LogP contribution is -2.40. The van der Waals surface area contributed by atoms with Gasteiger partial charge in [0, 0.05) is 24.8 Å². The molecule has 0 spiro atoms. The predicted molar refractivity (Wildman–Crippen MR) is 81.2 cm³/mol. The van der Waals surface area contributed by atoms with E-state index in [1.54, 1.807) is 20.3 Å². The first-order chi connectivity index (χ1) is 9.45. The molecule has 0 bridgehead atoms. The number of hydrogen-bond donors (Lipinski definition) is 1. The summed E-state index contributed by atoms with van der Waals surface area (Å²) in [6.07, 6.45) is 1.91. The van der Waals surface area contributed by atoms with E-state index in [9.17, 15) is 0 Å². The van der Waals surface area contributed by atoms with Crippen molar-refractivity contribution in [1.82, 2.24) is 0 Å². The van der Waals surface area contributed by atoms with Crippen molar-refractivity contribution in [1.29, 1.82) is 0 Å². The molecule has 0 aromatic heterocycles. The van der Waals surface area contributed by atoms with E-state index in [0.717, 1.165) is 25.1 Å². The van der Waals surface area contributed by atoms with Crippen molar-refractivity contribution in [2.24, 2.45) is 0 Å². The van der Waals surface area contributed by atoms with Crippen molar-refractivity contribution in [3.05, 3.63) is 17.2 Å². The van der Waals surface area contributed by atoms with E-state index in [-0.39, 0.29) is 5.60 Å². The van der Waals surface area contributed by atoms with E-state index in [1.165, 1.54) is 0 Å². The highest BCUT2D eigenvalue weighted by Gasteiger charge is 2.29. The van der Waals surface area contributed by atoms with Crippen LogP contribution in [0.3, 0.4) is 0 Å². The van der Waals surface area contributed by atoms with E-state index in [0.29, 0.717) is 22.6 Å². The Morgan fingerprint density at radius 3 is 2.50 bits per heavy atom. The van der Waals surface area contributed by atoms with E-state index >= 15 is 0 Å². The quantitative estimate of drug-likeness (QED) is 0.919. The largest absolute Gasteiger partial charge is 0.493 e. The Morgan fingerprint density at radius 2 is 1.90 bits per heavy atom. The number of anilines is 1. The van der Waals surface area contributed by atoms with Gasteiger partial charge in [-0.2, -0.15) is 0 Å². The molecule has 1 N–H and O–H groups in total. The molecule has 0 amide bonds. The van der Waals surface area contributed by atoms with Crippen LogP contribution in [0.15, 0.2) is 12.1 Å². The topological polar surface area (TPSA) is 39.7 Å². The second-order valence-electron chi connectivity index (χ2n) is 5.63. The lowest BCUT2D eigenvalue weighted by Gasteiger charge is -2.36. The molecule has 1 heterocycles. The smallest absolute Gasteiger partial charge is 0.162 e. The summed E-state index contributed by atoms with van der Waals surface area (Å²) in [5.74, 6) is 1.31. The molecule has 1 unspecified atom stereocenters. The molecular formula is C15H22ClNO3. The van der Waals surface area contributed by atoms with Crippen LogP contribution in [0.4, 0.5) is 5.69 Å². The van der Waals surface area contributed by atoms with Crippen molar-refractivity contribution in [2.75, 3.05) is 26.1 Å². The van der Waals surface area contributed by atoms with Gasteiger partial charge in [-0.1, -0.05) is 11.6 Å². The maximum absolute atomic E-state index is 6.30. The molecule has 112 valence electrons. The average molecular weight is 300 g/mol. The highest BCUT2D eigenvalue weighted by Crippen LogP contribution is 2.37. The Kier molecular flexibility index (Phi) is 4.66. The van der Waals surface area contributed by atoms with Crippen LogP contribution in [0.25, 0.3) is 0 Å². The first kappa shape index (κ1) is 15.3. The lowest BCUT2D eigenvalue weighted by molar-refractivity contribution is -0.0553. The van der Waals surface area contributed by atoms with Gasteiger partial charge < -0.3 is 19.5 Å². The molecule has 20 heavy (non-hydrogen) atoms. The molecule has 1 aromatic rings. The number of hydrogen-bond acceptors (Lipinski definition) is 4. The van der Waals surface area contributed by atoms with Gasteiger partial charge in [0.25, 0.3) is 0 Å². The van der Waals surface area contributed by atoms with Gasteiger partial charge in [0.1, 0.15) is 0 Å². The maximum atomic E-state index is 6.30. The Hall–Kier alpha value is -1.13. The van der Waals surface area contributed by atoms with Crippen molar-refractivity contribution in [3.8, 4) is 11.5 Å². The lowest BCUT2D eigenvalue weighted by atomic mass is 9.94. The minimum absolute atomic E-state index is 0.0983. The summed E-state index contributed by atoms with van der Waals surface area (Å²) in [6.45, 7) is 4.98. The van der Waals surface area contributed by atoms with Crippen LogP contribution in [0.5, 0.6) is 11.5 Å². The average Bonchev–Trinajstić information content (AvgIpc) is 2.39. The molecule has 0 aliphatic carbocycles. The standard InChI is InChI=1S/C15H22ClNO3/c1-15(2)9-10(5-6-20-15)17-12-8-14(19-4)13(18-3)7-11(12)16/h7-8,10,17H,5-6,9H2,1-4H3. The van der Waals surface area contributed by atoms with Crippen molar-refractivity contribution >= 4 is 17.3 Å². The summed E-state index contributed by atoms with van der Waals surface area (Å²) in [4.78, 5) is 0. The van der Waals surface area contributed by atoms with Crippen molar-refractivity contribution in [3.63, 3.8) is 0 Å². The fourth-order valence-electron chi connectivity index (χ4n) is 2.54. The minimum Gasteiger partial charge on any atom is -0.493 e. The summed E-state index contributed by atoms with van der Waals surface area (Å²) in [5.41, 5.74) is 0.769. The molecule has 1 aliphatic heterocycles. The van der Waals surface area contributed by atoms with E-state index in [1.807, 2.05) is 6.07 Å². The Bertz CT molecular complexity index is 476. The van der Waals surface area contributed by atoms with E-state index in [2.05, 4.69) is 19.2 Å². The molecule has 1 aliphatic rings. The molecule has 4 nitrogen and oxygen atoms in total. The molecule has 1 atom stereocenters. The van der Waals surface area contributed by atoms with Gasteiger partial charge in [-0.25, -0.2) is 0 Å². The number of rotatable bonds is 4. The van der Waals surface area contributed by atoms with Crippen molar-refractivity contribution < 1.29 is 14.2 Å². The summed E-state index contributed by atoms with van der Waals surface area (Å²) in [7, 11) is 3.22. The van der Waals surface area contributed by atoms with Gasteiger partial charge in [0.15, 0.2) is 11.5 Å². The zero-order chi connectivity index (χ0) is 14.8. The van der Waals surface area contributed by atoms with Gasteiger partial charge in [-0.05, 0) is 26.7 Å². The van der Waals surface area contributed by atoms with Crippen LogP contribution in [0.2, 0.25) is 5.02 Å². The Morgan fingerprint density at radius 1 is 1.25 bits per heavy atom. The van der Waals surface area contributed by atoms with Crippen LogP contribution >= 0.6 is 11.6 Å². The molecule has 1 fully saturated rings. The summed E-state index contributed by atoms with van der Waals surface area (Å²) < 4.78 is 16.3. The van der Waals surface area contributed by atoms with Crippen molar-refractivity contribution in [2.45, 2.75) is 38.3 Å². The van der Waals surface area contributed by atoms with Crippen LogP contribution < -0.4 is 14.8 Å². The zero-order valence-corrected chi connectivity index (χ0v) is 13.2. The third-order valence-electron chi connectivity index (χ3n) is 3.53. The molecular weight excluding hydrogens is 278 g/mol. The SMILES string of the molecule is COc1cc(Cl)c(NC2CCOC(C)(C)C2)cc1OC. The molecule has 0 saturated carbocycles. The second kappa shape index (κ2) is 6.10.